The maximum absolute atomic E-state index is 11.7. The predicted octanol–water partition coefficient (Wildman–Crippen LogP) is 4.08. The summed E-state index contributed by atoms with van der Waals surface area (Å²) in [6.45, 7) is 6.57. The van der Waals surface area contributed by atoms with E-state index in [2.05, 4.69) is 60.6 Å². The molecule has 7 heteroatoms. The Hall–Kier alpha value is -2.80. The number of carbonyl (C=O) groups is 1. The van der Waals surface area contributed by atoms with Crippen LogP contribution in [0, 0.1) is 0 Å². The van der Waals surface area contributed by atoms with Gasteiger partial charge in [-0.2, -0.15) is 0 Å². The Labute approximate surface area is 175 Å². The molecule has 0 fully saturated rings. The van der Waals surface area contributed by atoms with Crippen molar-refractivity contribution in [3.63, 3.8) is 0 Å². The molecular weight excluding hydrogens is 384 g/mol. The Bertz CT molecular complexity index is 974. The molecule has 3 rings (SSSR count). The van der Waals surface area contributed by atoms with Gasteiger partial charge in [-0.3, -0.25) is 9.36 Å². The molecular formula is C22H26N4O2S. The van der Waals surface area contributed by atoms with Gasteiger partial charge in [0.1, 0.15) is 5.75 Å². The van der Waals surface area contributed by atoms with Crippen LogP contribution in [0.25, 0.3) is 17.1 Å². The fraction of sp³-hybridized carbons (Fsp3) is 0.318. The van der Waals surface area contributed by atoms with Crippen LogP contribution in [0.15, 0.2) is 53.7 Å². The summed E-state index contributed by atoms with van der Waals surface area (Å²) in [5, 5.41) is 12.1. The van der Waals surface area contributed by atoms with Gasteiger partial charge in [-0.1, -0.05) is 56.8 Å². The van der Waals surface area contributed by atoms with E-state index in [1.165, 1.54) is 17.3 Å². The minimum atomic E-state index is -0.0599. The molecule has 0 bridgehead atoms. The first-order valence-electron chi connectivity index (χ1n) is 9.37. The Kier molecular flexibility index (Phi) is 6.27. The molecule has 2 aromatic carbocycles. The number of hydrogen-bond donors (Lipinski definition) is 1. The molecule has 0 aliphatic carbocycles. The highest BCUT2D eigenvalue weighted by Gasteiger charge is 2.19. The summed E-state index contributed by atoms with van der Waals surface area (Å²) in [6.07, 6.45) is 0. The third-order valence-corrected chi connectivity index (χ3v) is 5.51. The van der Waals surface area contributed by atoms with Gasteiger partial charge >= 0.3 is 0 Å². The summed E-state index contributed by atoms with van der Waals surface area (Å²) in [4.78, 5) is 11.7. The first-order valence-corrected chi connectivity index (χ1v) is 10.4. The largest absolute Gasteiger partial charge is 0.497 e. The zero-order valence-corrected chi connectivity index (χ0v) is 18.2. The van der Waals surface area contributed by atoms with Gasteiger partial charge in [0.2, 0.25) is 5.91 Å². The summed E-state index contributed by atoms with van der Waals surface area (Å²) >= 11 is 1.35. The lowest BCUT2D eigenvalue weighted by atomic mass is 9.87. The molecule has 3 aromatic rings. The van der Waals surface area contributed by atoms with E-state index in [4.69, 9.17) is 4.74 Å². The smallest absolute Gasteiger partial charge is 0.230 e. The van der Waals surface area contributed by atoms with Gasteiger partial charge in [0.05, 0.1) is 12.9 Å². The van der Waals surface area contributed by atoms with Crippen LogP contribution < -0.4 is 10.1 Å². The number of rotatable bonds is 6. The minimum absolute atomic E-state index is 0.0599. The monoisotopic (exact) mass is 410 g/mol. The van der Waals surface area contributed by atoms with Gasteiger partial charge in [-0.05, 0) is 35.2 Å². The van der Waals surface area contributed by atoms with Crippen LogP contribution in [0.5, 0.6) is 5.75 Å². The average Bonchev–Trinajstić information content (AvgIpc) is 3.15. The van der Waals surface area contributed by atoms with Crippen LogP contribution >= 0.6 is 11.8 Å². The number of ether oxygens (including phenoxy) is 1. The van der Waals surface area contributed by atoms with Crippen molar-refractivity contribution >= 4 is 17.7 Å². The maximum Gasteiger partial charge on any atom is 0.230 e. The fourth-order valence-electron chi connectivity index (χ4n) is 2.84. The number of nitrogens with one attached hydrogen (secondary N) is 1. The summed E-state index contributed by atoms with van der Waals surface area (Å²) < 4.78 is 7.24. The first-order chi connectivity index (χ1) is 13.8. The molecule has 6 nitrogen and oxygen atoms in total. The van der Waals surface area contributed by atoms with Crippen LogP contribution in [0.2, 0.25) is 0 Å². The zero-order valence-electron chi connectivity index (χ0n) is 17.4. The van der Waals surface area contributed by atoms with Gasteiger partial charge in [-0.15, -0.1) is 10.2 Å². The Morgan fingerprint density at radius 1 is 1.07 bits per heavy atom. The van der Waals surface area contributed by atoms with Gasteiger partial charge in [0, 0.05) is 18.3 Å². The number of amides is 1. The van der Waals surface area contributed by atoms with Crippen LogP contribution in [0.3, 0.4) is 0 Å². The molecule has 0 aliphatic heterocycles. The third kappa shape index (κ3) is 4.79. The van der Waals surface area contributed by atoms with Gasteiger partial charge in [-0.25, -0.2) is 0 Å². The van der Waals surface area contributed by atoms with Crippen molar-refractivity contribution < 1.29 is 9.53 Å². The van der Waals surface area contributed by atoms with Crippen molar-refractivity contribution in [3.8, 4) is 22.8 Å². The van der Waals surface area contributed by atoms with E-state index in [9.17, 15) is 4.79 Å². The summed E-state index contributed by atoms with van der Waals surface area (Å²) in [6, 6.07) is 16.1. The Balaban J connectivity index is 2.04. The first kappa shape index (κ1) is 20.9. The van der Waals surface area contributed by atoms with E-state index in [0.717, 1.165) is 22.8 Å². The summed E-state index contributed by atoms with van der Waals surface area (Å²) in [7, 11) is 3.26. The molecule has 152 valence electrons. The second-order valence-corrected chi connectivity index (χ2v) is 8.57. The fourth-order valence-corrected chi connectivity index (χ4v) is 3.66. The molecule has 0 atom stereocenters. The molecule has 1 amide bonds. The zero-order chi connectivity index (χ0) is 21.0. The summed E-state index contributed by atoms with van der Waals surface area (Å²) in [5.74, 6) is 1.72. The number of methoxy groups -OCH3 is 1. The lowest BCUT2D eigenvalue weighted by Crippen LogP contribution is -2.20. The SMILES string of the molecule is CNC(=O)CSc1nnc(-c2ccc(C(C)(C)C)cc2)n1-c1ccc(OC)cc1. The topological polar surface area (TPSA) is 69.0 Å². The standard InChI is InChI=1S/C22H26N4O2S/c1-22(2,3)16-8-6-15(7-9-16)20-24-25-21(29-14-19(27)23-4)26(20)17-10-12-18(28-5)13-11-17/h6-13H,14H2,1-5H3,(H,23,27). The summed E-state index contributed by atoms with van der Waals surface area (Å²) in [5.41, 5.74) is 3.21. The van der Waals surface area contributed by atoms with Crippen LogP contribution in [0.4, 0.5) is 0 Å². The minimum Gasteiger partial charge on any atom is -0.497 e. The van der Waals surface area contributed by atoms with E-state index >= 15 is 0 Å². The molecule has 1 aromatic heterocycles. The Morgan fingerprint density at radius 2 is 1.72 bits per heavy atom. The van der Waals surface area contributed by atoms with Crippen molar-refractivity contribution in [3.05, 3.63) is 54.1 Å². The molecule has 0 spiro atoms. The molecule has 0 saturated heterocycles. The predicted molar refractivity (Wildman–Crippen MR) is 117 cm³/mol. The van der Waals surface area contributed by atoms with Crippen molar-refractivity contribution in [1.82, 2.24) is 20.1 Å². The molecule has 1 heterocycles. The van der Waals surface area contributed by atoms with E-state index < -0.39 is 0 Å². The molecule has 0 radical (unpaired) electrons. The second-order valence-electron chi connectivity index (χ2n) is 7.63. The number of thioether (sulfide) groups is 1. The lowest BCUT2D eigenvalue weighted by Gasteiger charge is -2.19. The van der Waals surface area contributed by atoms with Crippen molar-refractivity contribution in [2.45, 2.75) is 31.3 Å². The van der Waals surface area contributed by atoms with Gasteiger partial charge in [0.25, 0.3) is 0 Å². The highest BCUT2D eigenvalue weighted by Crippen LogP contribution is 2.30. The highest BCUT2D eigenvalue weighted by atomic mass is 32.2. The molecule has 0 saturated carbocycles. The van der Waals surface area contributed by atoms with E-state index in [1.807, 2.05) is 28.8 Å². The van der Waals surface area contributed by atoms with E-state index in [-0.39, 0.29) is 17.1 Å². The van der Waals surface area contributed by atoms with Gasteiger partial charge in [0.15, 0.2) is 11.0 Å². The lowest BCUT2D eigenvalue weighted by molar-refractivity contribution is -0.118. The van der Waals surface area contributed by atoms with Gasteiger partial charge < -0.3 is 10.1 Å². The second kappa shape index (κ2) is 8.69. The maximum atomic E-state index is 11.7. The quantitative estimate of drug-likeness (QED) is 0.620. The highest BCUT2D eigenvalue weighted by molar-refractivity contribution is 7.99. The van der Waals surface area contributed by atoms with Crippen molar-refractivity contribution in [2.24, 2.45) is 0 Å². The van der Waals surface area contributed by atoms with E-state index in [1.54, 1.807) is 14.2 Å². The molecule has 1 N–H and O–H groups in total. The van der Waals surface area contributed by atoms with Crippen LogP contribution in [-0.2, 0) is 10.2 Å². The number of nitrogens with zero attached hydrogens (tertiary/aromatic N) is 3. The van der Waals surface area contributed by atoms with E-state index in [0.29, 0.717) is 5.16 Å². The normalized spacial score (nSPS) is 11.3. The number of aromatic nitrogens is 3. The van der Waals surface area contributed by atoms with Crippen LogP contribution in [0.1, 0.15) is 26.3 Å². The molecule has 0 aliphatic rings. The average molecular weight is 411 g/mol. The van der Waals surface area contributed by atoms with Crippen molar-refractivity contribution in [2.75, 3.05) is 19.9 Å². The number of hydrogen-bond acceptors (Lipinski definition) is 5. The van der Waals surface area contributed by atoms with Crippen molar-refractivity contribution in [1.29, 1.82) is 0 Å². The number of carbonyl (C=O) groups excluding carboxylic acids is 1. The third-order valence-electron chi connectivity index (χ3n) is 4.58. The number of benzene rings is 2. The molecule has 29 heavy (non-hydrogen) atoms. The Morgan fingerprint density at radius 3 is 2.28 bits per heavy atom. The molecule has 0 unspecified atom stereocenters. The van der Waals surface area contributed by atoms with Crippen LogP contribution in [-0.4, -0.2) is 40.6 Å².